The van der Waals surface area contributed by atoms with E-state index < -0.39 is 17.6 Å². The van der Waals surface area contributed by atoms with Crippen LogP contribution in [0.4, 0.5) is 23.2 Å². The molecule has 1 aliphatic carbocycles. The number of halogens is 4. The van der Waals surface area contributed by atoms with E-state index in [-0.39, 0.29) is 11.7 Å². The molecule has 1 aromatic carbocycles. The van der Waals surface area contributed by atoms with Gasteiger partial charge in [0.2, 0.25) is 0 Å². The van der Waals surface area contributed by atoms with E-state index in [4.69, 9.17) is 0 Å². The van der Waals surface area contributed by atoms with Crippen LogP contribution in [0.2, 0.25) is 0 Å². The minimum Gasteiger partial charge on any atom is -0.380 e. The summed E-state index contributed by atoms with van der Waals surface area (Å²) in [6.45, 7) is 4.16. The van der Waals surface area contributed by atoms with Crippen molar-refractivity contribution in [2.24, 2.45) is 11.8 Å². The van der Waals surface area contributed by atoms with E-state index in [1.165, 1.54) is 0 Å². The summed E-state index contributed by atoms with van der Waals surface area (Å²) in [7, 11) is 0. The molecular formula is C15H19F4N. The highest BCUT2D eigenvalue weighted by molar-refractivity contribution is 5.49. The normalized spacial score (nSPS) is 27.4. The zero-order valence-electron chi connectivity index (χ0n) is 11.6. The molecule has 3 unspecified atom stereocenters. The quantitative estimate of drug-likeness (QED) is 0.748. The number of benzene rings is 1. The third kappa shape index (κ3) is 3.44. The third-order valence-corrected chi connectivity index (χ3v) is 4.09. The number of alkyl halides is 3. The molecule has 3 atom stereocenters. The van der Waals surface area contributed by atoms with Gasteiger partial charge >= 0.3 is 6.18 Å². The van der Waals surface area contributed by atoms with Gasteiger partial charge in [-0.1, -0.05) is 20.3 Å². The van der Waals surface area contributed by atoms with Gasteiger partial charge < -0.3 is 5.32 Å². The Morgan fingerprint density at radius 1 is 1.15 bits per heavy atom. The predicted molar refractivity (Wildman–Crippen MR) is 71.0 cm³/mol. The maximum absolute atomic E-state index is 13.7. The van der Waals surface area contributed by atoms with Crippen molar-refractivity contribution in [1.29, 1.82) is 0 Å². The molecule has 0 aliphatic heterocycles. The zero-order chi connectivity index (χ0) is 14.9. The van der Waals surface area contributed by atoms with Crippen molar-refractivity contribution in [1.82, 2.24) is 0 Å². The number of anilines is 1. The first kappa shape index (κ1) is 15.1. The van der Waals surface area contributed by atoms with Crippen LogP contribution in [0.15, 0.2) is 18.2 Å². The maximum atomic E-state index is 13.7. The first-order valence-electron chi connectivity index (χ1n) is 6.90. The molecule has 0 heterocycles. The third-order valence-electron chi connectivity index (χ3n) is 4.09. The molecule has 0 amide bonds. The van der Waals surface area contributed by atoms with E-state index in [0.29, 0.717) is 11.8 Å². The SMILES string of the molecule is CC1CCC(C)C(Nc2cc(C(F)(F)F)ccc2F)C1. The highest BCUT2D eigenvalue weighted by Gasteiger charge is 2.32. The monoisotopic (exact) mass is 289 g/mol. The Balaban J connectivity index is 2.20. The number of hydrogen-bond acceptors (Lipinski definition) is 1. The largest absolute Gasteiger partial charge is 0.416 e. The van der Waals surface area contributed by atoms with Crippen LogP contribution in [-0.4, -0.2) is 6.04 Å². The topological polar surface area (TPSA) is 12.0 Å². The molecule has 20 heavy (non-hydrogen) atoms. The summed E-state index contributed by atoms with van der Waals surface area (Å²) in [6, 6.07) is 2.54. The standard InChI is InChI=1S/C15H19F4N/c1-9-3-4-10(2)13(7-9)20-14-8-11(15(17,18)19)5-6-12(14)16/h5-6,8-10,13,20H,3-4,7H2,1-2H3. The molecule has 1 nitrogen and oxygen atoms in total. The van der Waals surface area contributed by atoms with Gasteiger partial charge in [-0.25, -0.2) is 4.39 Å². The molecule has 1 fully saturated rings. The molecule has 1 aliphatic rings. The van der Waals surface area contributed by atoms with Gasteiger partial charge in [-0.3, -0.25) is 0 Å². The Morgan fingerprint density at radius 2 is 1.85 bits per heavy atom. The maximum Gasteiger partial charge on any atom is 0.416 e. The van der Waals surface area contributed by atoms with Crippen molar-refractivity contribution < 1.29 is 17.6 Å². The van der Waals surface area contributed by atoms with Gasteiger partial charge in [0.15, 0.2) is 0 Å². The highest BCUT2D eigenvalue weighted by atomic mass is 19.4. The lowest BCUT2D eigenvalue weighted by Crippen LogP contribution is -2.33. The van der Waals surface area contributed by atoms with Crippen molar-refractivity contribution in [3.8, 4) is 0 Å². The van der Waals surface area contributed by atoms with Gasteiger partial charge in [-0.05, 0) is 42.9 Å². The summed E-state index contributed by atoms with van der Waals surface area (Å²) in [5.41, 5.74) is -0.872. The molecule has 1 saturated carbocycles. The Morgan fingerprint density at radius 3 is 2.50 bits per heavy atom. The van der Waals surface area contributed by atoms with Crippen LogP contribution in [0, 0.1) is 17.7 Å². The Kier molecular flexibility index (Phi) is 4.25. The van der Waals surface area contributed by atoms with E-state index in [1.807, 2.05) is 0 Å². The van der Waals surface area contributed by atoms with Gasteiger partial charge in [0.25, 0.3) is 0 Å². The van der Waals surface area contributed by atoms with Crippen molar-refractivity contribution >= 4 is 5.69 Å². The Hall–Kier alpha value is -1.26. The van der Waals surface area contributed by atoms with E-state index in [2.05, 4.69) is 19.2 Å². The van der Waals surface area contributed by atoms with E-state index in [0.717, 1.165) is 37.5 Å². The van der Waals surface area contributed by atoms with Crippen molar-refractivity contribution in [3.05, 3.63) is 29.6 Å². The van der Waals surface area contributed by atoms with Gasteiger partial charge in [0.05, 0.1) is 11.3 Å². The lowest BCUT2D eigenvalue weighted by atomic mass is 9.80. The molecule has 1 aromatic rings. The molecule has 0 bridgehead atoms. The molecule has 0 spiro atoms. The molecule has 2 rings (SSSR count). The fraction of sp³-hybridized carbons (Fsp3) is 0.600. The minimum absolute atomic E-state index is 0.0248. The summed E-state index contributed by atoms with van der Waals surface area (Å²) in [4.78, 5) is 0. The Bertz CT molecular complexity index is 469. The lowest BCUT2D eigenvalue weighted by molar-refractivity contribution is -0.137. The summed E-state index contributed by atoms with van der Waals surface area (Å²) in [5, 5.41) is 2.97. The average molecular weight is 289 g/mol. The van der Waals surface area contributed by atoms with Crippen LogP contribution in [0.3, 0.4) is 0 Å². The molecule has 0 radical (unpaired) electrons. The predicted octanol–water partition coefficient (Wildman–Crippen LogP) is 5.08. The molecule has 112 valence electrons. The smallest absolute Gasteiger partial charge is 0.380 e. The van der Waals surface area contributed by atoms with Gasteiger partial charge in [-0.15, -0.1) is 0 Å². The second kappa shape index (κ2) is 5.62. The summed E-state index contributed by atoms with van der Waals surface area (Å²) in [5.74, 6) is 0.209. The van der Waals surface area contributed by atoms with Crippen molar-refractivity contribution in [3.63, 3.8) is 0 Å². The van der Waals surface area contributed by atoms with E-state index >= 15 is 0 Å². The first-order valence-corrected chi connectivity index (χ1v) is 6.90. The van der Waals surface area contributed by atoms with Gasteiger partial charge in [-0.2, -0.15) is 13.2 Å². The van der Waals surface area contributed by atoms with Gasteiger partial charge in [0, 0.05) is 6.04 Å². The summed E-state index contributed by atoms with van der Waals surface area (Å²) >= 11 is 0. The lowest BCUT2D eigenvalue weighted by Gasteiger charge is -2.34. The van der Waals surface area contributed by atoms with Crippen molar-refractivity contribution in [2.75, 3.05) is 5.32 Å². The number of rotatable bonds is 2. The molecule has 0 aromatic heterocycles. The number of hydrogen-bond donors (Lipinski definition) is 1. The molecule has 5 heteroatoms. The second-order valence-corrected chi connectivity index (χ2v) is 5.84. The Labute approximate surface area is 116 Å². The highest BCUT2D eigenvalue weighted by Crippen LogP contribution is 2.34. The molecule has 1 N–H and O–H groups in total. The van der Waals surface area contributed by atoms with Crippen LogP contribution >= 0.6 is 0 Å². The molecular weight excluding hydrogens is 270 g/mol. The summed E-state index contributed by atoms with van der Waals surface area (Å²) < 4.78 is 51.7. The van der Waals surface area contributed by atoms with Crippen LogP contribution in [0.1, 0.15) is 38.7 Å². The van der Waals surface area contributed by atoms with Gasteiger partial charge in [0.1, 0.15) is 5.82 Å². The fourth-order valence-electron chi connectivity index (χ4n) is 2.75. The minimum atomic E-state index is -4.45. The van der Waals surface area contributed by atoms with E-state index in [1.54, 1.807) is 0 Å². The van der Waals surface area contributed by atoms with Crippen LogP contribution in [-0.2, 0) is 6.18 Å². The summed E-state index contributed by atoms with van der Waals surface area (Å²) in [6.07, 6.45) is -1.46. The van der Waals surface area contributed by atoms with Crippen LogP contribution in [0.25, 0.3) is 0 Å². The zero-order valence-corrected chi connectivity index (χ0v) is 11.6. The fourth-order valence-corrected chi connectivity index (χ4v) is 2.75. The van der Waals surface area contributed by atoms with Crippen molar-refractivity contribution in [2.45, 2.75) is 45.3 Å². The molecule has 0 saturated heterocycles. The second-order valence-electron chi connectivity index (χ2n) is 5.84. The van der Waals surface area contributed by atoms with E-state index in [9.17, 15) is 17.6 Å². The first-order chi connectivity index (χ1) is 9.27. The van der Waals surface area contributed by atoms with Crippen LogP contribution in [0.5, 0.6) is 0 Å². The number of nitrogens with one attached hydrogen (secondary N) is 1. The average Bonchev–Trinajstić information content (AvgIpc) is 2.35. The van der Waals surface area contributed by atoms with Crippen LogP contribution < -0.4 is 5.32 Å².